The number of rotatable bonds is 3. The maximum Gasteiger partial charge on any atom is 0.0672 e. The van der Waals surface area contributed by atoms with Gasteiger partial charge in [0.05, 0.1) is 12.0 Å². The summed E-state index contributed by atoms with van der Waals surface area (Å²) in [6, 6.07) is 7.09. The van der Waals surface area contributed by atoms with E-state index < -0.39 is 0 Å². The minimum Gasteiger partial charge on any atom is -0.308 e. The highest BCUT2D eigenvalue weighted by atomic mass is 32.1. The van der Waals surface area contributed by atoms with Crippen molar-refractivity contribution >= 4 is 11.3 Å². The molecule has 1 saturated carbocycles. The first-order valence-corrected chi connectivity index (χ1v) is 6.93. The van der Waals surface area contributed by atoms with Gasteiger partial charge in [0.25, 0.3) is 0 Å². The van der Waals surface area contributed by atoms with E-state index in [0.29, 0.717) is 6.04 Å². The molecule has 0 aromatic carbocycles. The first kappa shape index (κ1) is 11.6. The lowest BCUT2D eigenvalue weighted by Crippen LogP contribution is -2.34. The van der Waals surface area contributed by atoms with Crippen molar-refractivity contribution in [3.05, 3.63) is 22.4 Å². The van der Waals surface area contributed by atoms with Crippen molar-refractivity contribution in [2.75, 3.05) is 0 Å². The van der Waals surface area contributed by atoms with Crippen LogP contribution in [0, 0.1) is 17.2 Å². The zero-order chi connectivity index (χ0) is 11.2. The molecule has 16 heavy (non-hydrogen) atoms. The maximum absolute atomic E-state index is 9.16. The molecule has 1 aromatic heterocycles. The van der Waals surface area contributed by atoms with Crippen molar-refractivity contribution in [2.45, 2.75) is 44.7 Å². The molecule has 3 heteroatoms. The summed E-state index contributed by atoms with van der Waals surface area (Å²) in [5.41, 5.74) is 0. The smallest absolute Gasteiger partial charge is 0.0672 e. The molecule has 0 bridgehead atoms. The summed E-state index contributed by atoms with van der Waals surface area (Å²) < 4.78 is 0. The number of nitriles is 1. The summed E-state index contributed by atoms with van der Waals surface area (Å²) in [7, 11) is 0. The second-order valence-electron chi connectivity index (χ2n) is 4.44. The second-order valence-corrected chi connectivity index (χ2v) is 5.47. The molecule has 2 rings (SSSR count). The molecule has 0 spiro atoms. The number of thiophene rings is 1. The number of nitrogens with one attached hydrogen (secondary N) is 1. The topological polar surface area (TPSA) is 35.8 Å². The van der Waals surface area contributed by atoms with Crippen LogP contribution < -0.4 is 5.32 Å². The van der Waals surface area contributed by atoms with E-state index in [1.54, 1.807) is 11.3 Å². The van der Waals surface area contributed by atoms with Crippen LogP contribution in [0.2, 0.25) is 0 Å². The normalized spacial score (nSPS) is 25.9. The van der Waals surface area contributed by atoms with E-state index in [1.165, 1.54) is 24.1 Å². The van der Waals surface area contributed by atoms with Gasteiger partial charge in [0.15, 0.2) is 0 Å². The highest BCUT2D eigenvalue weighted by molar-refractivity contribution is 7.09. The summed E-state index contributed by atoms with van der Waals surface area (Å²) in [5, 5.41) is 14.8. The van der Waals surface area contributed by atoms with E-state index in [-0.39, 0.29) is 5.92 Å². The zero-order valence-corrected chi connectivity index (χ0v) is 10.3. The molecule has 2 atom stereocenters. The van der Waals surface area contributed by atoms with Gasteiger partial charge in [-0.1, -0.05) is 25.3 Å². The monoisotopic (exact) mass is 234 g/mol. The van der Waals surface area contributed by atoms with Gasteiger partial charge >= 0.3 is 0 Å². The van der Waals surface area contributed by atoms with E-state index in [2.05, 4.69) is 28.9 Å². The average Bonchev–Trinajstić information content (AvgIpc) is 2.71. The van der Waals surface area contributed by atoms with Crippen molar-refractivity contribution in [3.8, 4) is 6.07 Å². The molecule has 1 aromatic rings. The molecule has 1 aliphatic rings. The molecule has 1 aliphatic carbocycles. The summed E-state index contributed by atoms with van der Waals surface area (Å²) in [6.45, 7) is 0.917. The van der Waals surface area contributed by atoms with E-state index >= 15 is 0 Å². The van der Waals surface area contributed by atoms with E-state index in [0.717, 1.165) is 19.4 Å². The van der Waals surface area contributed by atoms with Crippen LogP contribution in [0.3, 0.4) is 0 Å². The Morgan fingerprint density at radius 3 is 3.00 bits per heavy atom. The summed E-state index contributed by atoms with van der Waals surface area (Å²) >= 11 is 1.78. The van der Waals surface area contributed by atoms with Gasteiger partial charge < -0.3 is 5.32 Å². The van der Waals surface area contributed by atoms with Crippen molar-refractivity contribution in [2.24, 2.45) is 5.92 Å². The fraction of sp³-hybridized carbons (Fsp3) is 0.615. The van der Waals surface area contributed by atoms with Crippen molar-refractivity contribution in [1.29, 1.82) is 5.26 Å². The number of nitrogens with zero attached hydrogens (tertiary/aromatic N) is 1. The van der Waals surface area contributed by atoms with Gasteiger partial charge in [-0.2, -0.15) is 5.26 Å². The van der Waals surface area contributed by atoms with Crippen molar-refractivity contribution < 1.29 is 0 Å². The minimum atomic E-state index is 0.211. The number of hydrogen-bond acceptors (Lipinski definition) is 3. The van der Waals surface area contributed by atoms with Crippen LogP contribution in [0.5, 0.6) is 0 Å². The molecule has 2 nitrogen and oxygen atoms in total. The Labute approximate surface area is 101 Å². The summed E-state index contributed by atoms with van der Waals surface area (Å²) in [6.07, 6.45) is 5.99. The Kier molecular flexibility index (Phi) is 4.38. The molecule has 1 N–H and O–H groups in total. The van der Waals surface area contributed by atoms with Crippen LogP contribution >= 0.6 is 11.3 Å². The van der Waals surface area contributed by atoms with Gasteiger partial charge in [-0.25, -0.2) is 0 Å². The third kappa shape index (κ3) is 3.07. The predicted octanol–water partition coefficient (Wildman–Crippen LogP) is 3.31. The minimum absolute atomic E-state index is 0.211. The number of hydrogen-bond donors (Lipinski definition) is 1. The molecule has 2 unspecified atom stereocenters. The molecular formula is C13H18N2S. The lowest BCUT2D eigenvalue weighted by Gasteiger charge is -2.20. The molecule has 0 radical (unpaired) electrons. The first-order chi connectivity index (χ1) is 7.90. The molecule has 1 heterocycles. The van der Waals surface area contributed by atoms with Crippen LogP contribution in [0.1, 0.15) is 37.0 Å². The standard InChI is InChI=1S/C13H18N2S/c14-9-11-5-2-1-3-7-13(11)15-10-12-6-4-8-16-12/h4,6,8,11,13,15H,1-3,5,7,10H2. The Balaban J connectivity index is 1.88. The van der Waals surface area contributed by atoms with Gasteiger partial charge in [-0.05, 0) is 24.3 Å². The van der Waals surface area contributed by atoms with Gasteiger partial charge in [-0.3, -0.25) is 0 Å². The summed E-state index contributed by atoms with van der Waals surface area (Å²) in [5.74, 6) is 0.211. The third-order valence-electron chi connectivity index (χ3n) is 3.30. The average molecular weight is 234 g/mol. The van der Waals surface area contributed by atoms with E-state index in [4.69, 9.17) is 5.26 Å². The van der Waals surface area contributed by atoms with Crippen LogP contribution in [0.4, 0.5) is 0 Å². The van der Waals surface area contributed by atoms with E-state index in [1.807, 2.05) is 0 Å². The summed E-state index contributed by atoms with van der Waals surface area (Å²) in [4.78, 5) is 1.36. The largest absolute Gasteiger partial charge is 0.308 e. The molecule has 0 amide bonds. The molecule has 86 valence electrons. The molecule has 0 saturated heterocycles. The van der Waals surface area contributed by atoms with Crippen LogP contribution in [-0.4, -0.2) is 6.04 Å². The van der Waals surface area contributed by atoms with Gasteiger partial charge in [-0.15, -0.1) is 11.3 Å². The first-order valence-electron chi connectivity index (χ1n) is 6.05. The molecule has 1 fully saturated rings. The Morgan fingerprint density at radius 2 is 2.25 bits per heavy atom. The Bertz CT molecular complexity index is 339. The van der Waals surface area contributed by atoms with Crippen LogP contribution in [0.15, 0.2) is 17.5 Å². The second kappa shape index (κ2) is 6.03. The maximum atomic E-state index is 9.16. The Morgan fingerprint density at radius 1 is 1.38 bits per heavy atom. The van der Waals surface area contributed by atoms with Crippen LogP contribution in [0.25, 0.3) is 0 Å². The molecular weight excluding hydrogens is 216 g/mol. The Hall–Kier alpha value is -0.850. The lowest BCUT2D eigenvalue weighted by atomic mass is 9.96. The SMILES string of the molecule is N#CC1CCCCCC1NCc1cccs1. The van der Waals surface area contributed by atoms with E-state index in [9.17, 15) is 0 Å². The van der Waals surface area contributed by atoms with Gasteiger partial charge in [0.2, 0.25) is 0 Å². The highest BCUT2D eigenvalue weighted by Crippen LogP contribution is 2.23. The van der Waals surface area contributed by atoms with Gasteiger partial charge in [0.1, 0.15) is 0 Å². The quantitative estimate of drug-likeness (QED) is 0.814. The van der Waals surface area contributed by atoms with Crippen molar-refractivity contribution in [1.82, 2.24) is 5.32 Å². The predicted molar refractivity (Wildman–Crippen MR) is 67.1 cm³/mol. The fourth-order valence-electron chi connectivity index (χ4n) is 2.35. The van der Waals surface area contributed by atoms with Crippen molar-refractivity contribution in [3.63, 3.8) is 0 Å². The lowest BCUT2D eigenvalue weighted by molar-refractivity contribution is 0.395. The van der Waals surface area contributed by atoms with Crippen LogP contribution in [-0.2, 0) is 6.54 Å². The zero-order valence-electron chi connectivity index (χ0n) is 9.48. The molecule has 0 aliphatic heterocycles. The third-order valence-corrected chi connectivity index (χ3v) is 4.18. The van der Waals surface area contributed by atoms with Gasteiger partial charge in [0, 0.05) is 17.5 Å². The fourth-order valence-corrected chi connectivity index (χ4v) is 3.01. The highest BCUT2D eigenvalue weighted by Gasteiger charge is 2.22.